The summed E-state index contributed by atoms with van der Waals surface area (Å²) in [5.41, 5.74) is 0. The first kappa shape index (κ1) is 15.2. The van der Waals surface area contributed by atoms with Crippen LogP contribution in [0.2, 0.25) is 0 Å². The Morgan fingerprint density at radius 3 is 2.25 bits per heavy atom. The Bertz CT molecular complexity index is 141. The van der Waals surface area contributed by atoms with Crippen LogP contribution in [0.5, 0.6) is 0 Å². The third-order valence-electron chi connectivity index (χ3n) is 2.04. The van der Waals surface area contributed by atoms with Gasteiger partial charge in [0.25, 0.3) is 0 Å². The molecule has 0 N–H and O–H groups in total. The van der Waals surface area contributed by atoms with E-state index < -0.39 is 0 Å². The van der Waals surface area contributed by atoms with E-state index in [0.717, 1.165) is 0 Å². The van der Waals surface area contributed by atoms with Gasteiger partial charge in [-0.25, -0.2) is 0 Å². The summed E-state index contributed by atoms with van der Waals surface area (Å²) in [7, 11) is 2.11. The molecular formula is C8H16ILiN2. The molecule has 2 nitrogen and oxygen atoms in total. The van der Waals surface area contributed by atoms with Crippen LogP contribution in [0.15, 0.2) is 12.4 Å². The second-order valence-corrected chi connectivity index (χ2v) is 2.83. The standard InChI is InChI=1S/C8H16N2.HI.Li/c1-4-5-10-7-6-9(3)8(10)2;;/h6-8H,4-5H2,1-3H3;1H;/q;;+1/p-1. The number of hydrogen-bond acceptors (Lipinski definition) is 2. The van der Waals surface area contributed by atoms with Crippen LogP contribution in [0.3, 0.4) is 0 Å². The largest absolute Gasteiger partial charge is 1.00 e. The van der Waals surface area contributed by atoms with E-state index in [1.165, 1.54) is 13.0 Å². The van der Waals surface area contributed by atoms with Gasteiger partial charge in [0.15, 0.2) is 0 Å². The maximum Gasteiger partial charge on any atom is 1.00 e. The van der Waals surface area contributed by atoms with E-state index in [9.17, 15) is 0 Å². The Labute approximate surface area is 105 Å². The zero-order chi connectivity index (χ0) is 7.56. The van der Waals surface area contributed by atoms with Crippen LogP contribution >= 0.6 is 0 Å². The van der Waals surface area contributed by atoms with Gasteiger partial charge in [-0.05, 0) is 13.3 Å². The summed E-state index contributed by atoms with van der Waals surface area (Å²) in [6, 6.07) is 0. The fourth-order valence-corrected chi connectivity index (χ4v) is 1.19. The van der Waals surface area contributed by atoms with E-state index >= 15 is 0 Å². The van der Waals surface area contributed by atoms with Crippen molar-refractivity contribution in [2.24, 2.45) is 0 Å². The maximum atomic E-state index is 2.35. The molecule has 1 aliphatic heterocycles. The van der Waals surface area contributed by atoms with Crippen LogP contribution < -0.4 is 42.8 Å². The average Bonchev–Trinajstić information content (AvgIpc) is 2.20. The van der Waals surface area contributed by atoms with Gasteiger partial charge in [-0.2, -0.15) is 0 Å². The predicted molar refractivity (Wildman–Crippen MR) is 43.4 cm³/mol. The van der Waals surface area contributed by atoms with E-state index in [2.05, 4.69) is 43.1 Å². The molecule has 1 aliphatic rings. The molecular weight excluding hydrogens is 258 g/mol. The minimum Gasteiger partial charge on any atom is -1.00 e. The van der Waals surface area contributed by atoms with Crippen LogP contribution in [0.1, 0.15) is 20.3 Å². The summed E-state index contributed by atoms with van der Waals surface area (Å²) in [5.74, 6) is 0. The van der Waals surface area contributed by atoms with Gasteiger partial charge in [-0.1, -0.05) is 6.92 Å². The molecule has 1 rings (SSSR count). The van der Waals surface area contributed by atoms with Crippen molar-refractivity contribution in [1.82, 2.24) is 9.80 Å². The van der Waals surface area contributed by atoms with Gasteiger partial charge < -0.3 is 33.8 Å². The van der Waals surface area contributed by atoms with Crippen LogP contribution in [-0.4, -0.2) is 29.6 Å². The molecule has 4 heteroatoms. The van der Waals surface area contributed by atoms with Crippen molar-refractivity contribution >= 4 is 0 Å². The molecule has 0 aromatic carbocycles. The summed E-state index contributed by atoms with van der Waals surface area (Å²) >= 11 is 0. The van der Waals surface area contributed by atoms with Crippen molar-refractivity contribution < 1.29 is 42.8 Å². The Kier molecular flexibility index (Phi) is 8.98. The maximum absolute atomic E-state index is 2.35. The minimum absolute atomic E-state index is 0. The molecule has 0 amide bonds. The Balaban J connectivity index is 0. The first-order valence-electron chi connectivity index (χ1n) is 3.91. The zero-order valence-corrected chi connectivity index (χ0v) is 10.6. The van der Waals surface area contributed by atoms with E-state index in [1.54, 1.807) is 0 Å². The summed E-state index contributed by atoms with van der Waals surface area (Å²) in [6.07, 6.45) is 6.07. The summed E-state index contributed by atoms with van der Waals surface area (Å²) in [4.78, 5) is 4.57. The fourth-order valence-electron chi connectivity index (χ4n) is 1.19. The van der Waals surface area contributed by atoms with Crippen LogP contribution in [0.4, 0.5) is 0 Å². The smallest absolute Gasteiger partial charge is 1.00 e. The average molecular weight is 274 g/mol. The Hall–Kier alpha value is 0.667. The van der Waals surface area contributed by atoms with Gasteiger partial charge in [0.2, 0.25) is 0 Å². The molecule has 0 aromatic heterocycles. The first-order valence-corrected chi connectivity index (χ1v) is 3.91. The normalized spacial score (nSPS) is 20.4. The van der Waals surface area contributed by atoms with Crippen molar-refractivity contribution in [3.63, 3.8) is 0 Å². The first-order chi connectivity index (χ1) is 4.75. The number of hydrogen-bond donors (Lipinski definition) is 0. The van der Waals surface area contributed by atoms with Gasteiger partial charge >= 0.3 is 18.9 Å². The van der Waals surface area contributed by atoms with Crippen molar-refractivity contribution in [3.05, 3.63) is 12.4 Å². The third-order valence-corrected chi connectivity index (χ3v) is 2.04. The molecule has 0 spiro atoms. The van der Waals surface area contributed by atoms with E-state index in [0.29, 0.717) is 6.17 Å². The molecule has 1 unspecified atom stereocenters. The summed E-state index contributed by atoms with van der Waals surface area (Å²) < 4.78 is 0. The number of halogens is 1. The molecule has 66 valence electrons. The van der Waals surface area contributed by atoms with Crippen molar-refractivity contribution in [3.8, 4) is 0 Å². The monoisotopic (exact) mass is 274 g/mol. The van der Waals surface area contributed by atoms with Crippen LogP contribution in [0.25, 0.3) is 0 Å². The molecule has 0 aromatic rings. The second kappa shape index (κ2) is 7.11. The Morgan fingerprint density at radius 2 is 1.92 bits per heavy atom. The molecule has 0 bridgehead atoms. The van der Waals surface area contributed by atoms with Crippen molar-refractivity contribution in [2.45, 2.75) is 26.4 Å². The SMILES string of the molecule is CCCN1C=CN(C)C1C.[I-].[Li+]. The van der Waals surface area contributed by atoms with Gasteiger partial charge in [0, 0.05) is 26.0 Å². The molecule has 0 saturated heterocycles. The van der Waals surface area contributed by atoms with Crippen LogP contribution in [0, 0.1) is 0 Å². The minimum atomic E-state index is 0. The Morgan fingerprint density at radius 1 is 1.33 bits per heavy atom. The number of nitrogens with zero attached hydrogens (tertiary/aromatic N) is 2. The number of rotatable bonds is 2. The van der Waals surface area contributed by atoms with Gasteiger partial charge in [-0.3, -0.25) is 0 Å². The van der Waals surface area contributed by atoms with Crippen molar-refractivity contribution in [1.29, 1.82) is 0 Å². The zero-order valence-electron chi connectivity index (χ0n) is 8.42. The van der Waals surface area contributed by atoms with Crippen molar-refractivity contribution in [2.75, 3.05) is 13.6 Å². The van der Waals surface area contributed by atoms with E-state index in [1.807, 2.05) is 0 Å². The molecule has 12 heavy (non-hydrogen) atoms. The van der Waals surface area contributed by atoms with Gasteiger partial charge in [0.1, 0.15) is 0 Å². The predicted octanol–water partition coefficient (Wildman–Crippen LogP) is -4.53. The summed E-state index contributed by atoms with van der Waals surface area (Å²) in [5, 5.41) is 0. The summed E-state index contributed by atoms with van der Waals surface area (Å²) in [6.45, 7) is 5.59. The molecule has 0 radical (unpaired) electrons. The van der Waals surface area contributed by atoms with E-state index in [-0.39, 0.29) is 42.8 Å². The third kappa shape index (κ3) is 3.59. The van der Waals surface area contributed by atoms with E-state index in [4.69, 9.17) is 0 Å². The molecule has 1 atom stereocenters. The van der Waals surface area contributed by atoms with Crippen LogP contribution in [-0.2, 0) is 0 Å². The topological polar surface area (TPSA) is 6.48 Å². The second-order valence-electron chi connectivity index (χ2n) is 2.83. The van der Waals surface area contributed by atoms with Gasteiger partial charge in [-0.15, -0.1) is 0 Å². The molecule has 0 aliphatic carbocycles. The molecule has 1 heterocycles. The fraction of sp³-hybridized carbons (Fsp3) is 0.750. The van der Waals surface area contributed by atoms with Gasteiger partial charge in [0.05, 0.1) is 6.17 Å². The molecule has 0 saturated carbocycles. The molecule has 0 fully saturated rings. The quantitative estimate of drug-likeness (QED) is 0.370.